The van der Waals surface area contributed by atoms with Gasteiger partial charge in [-0.05, 0) is 30.5 Å². The van der Waals surface area contributed by atoms with E-state index in [2.05, 4.69) is 31.2 Å². The molecule has 1 aliphatic rings. The third-order valence-corrected chi connectivity index (χ3v) is 3.67. The number of aromatic nitrogens is 3. The van der Waals surface area contributed by atoms with E-state index in [4.69, 9.17) is 9.84 Å². The Morgan fingerprint density at radius 1 is 1.26 bits per heavy atom. The van der Waals surface area contributed by atoms with Crippen molar-refractivity contribution in [1.82, 2.24) is 15.0 Å². The van der Waals surface area contributed by atoms with Crippen LogP contribution in [0.4, 0.5) is 11.6 Å². The third kappa shape index (κ3) is 4.29. The summed E-state index contributed by atoms with van der Waals surface area (Å²) in [6, 6.07) is 4.10. The Kier molecular flexibility index (Phi) is 5.21. The van der Waals surface area contributed by atoms with Gasteiger partial charge in [0, 0.05) is 25.8 Å². The summed E-state index contributed by atoms with van der Waals surface area (Å²) in [5, 5.41) is 12.0. The molecule has 2 N–H and O–H groups in total. The van der Waals surface area contributed by atoms with E-state index in [9.17, 15) is 0 Å². The zero-order chi connectivity index (χ0) is 15.9. The van der Waals surface area contributed by atoms with Crippen LogP contribution in [0.5, 0.6) is 5.88 Å². The third-order valence-electron chi connectivity index (χ3n) is 3.67. The zero-order valence-corrected chi connectivity index (χ0v) is 13.0. The lowest BCUT2D eigenvalue weighted by Crippen LogP contribution is -2.19. The second-order valence-electron chi connectivity index (χ2n) is 5.38. The molecule has 7 nitrogen and oxygen atoms in total. The summed E-state index contributed by atoms with van der Waals surface area (Å²) in [7, 11) is 0. The van der Waals surface area contributed by atoms with E-state index in [1.807, 2.05) is 12.3 Å². The summed E-state index contributed by atoms with van der Waals surface area (Å²) >= 11 is 0. The number of aliphatic hydroxyl groups excluding tert-OH is 1. The molecule has 0 atom stereocenters. The topological polar surface area (TPSA) is 83.4 Å². The lowest BCUT2D eigenvalue weighted by molar-refractivity contribution is 0.196. The van der Waals surface area contributed by atoms with Gasteiger partial charge in [0.15, 0.2) is 0 Å². The average molecular weight is 315 g/mol. The molecular weight excluding hydrogens is 294 g/mol. The van der Waals surface area contributed by atoms with E-state index in [0.29, 0.717) is 18.2 Å². The van der Waals surface area contributed by atoms with Crippen LogP contribution in [0.15, 0.2) is 30.7 Å². The first-order chi connectivity index (χ1) is 11.3. The fraction of sp³-hybridized carbons (Fsp3) is 0.438. The first kappa shape index (κ1) is 15.5. The van der Waals surface area contributed by atoms with Crippen LogP contribution in [0, 0.1) is 0 Å². The van der Waals surface area contributed by atoms with E-state index in [0.717, 1.165) is 24.5 Å². The minimum Gasteiger partial charge on any atom is -0.474 e. The Balaban J connectivity index is 1.60. The van der Waals surface area contributed by atoms with Crippen molar-refractivity contribution in [3.05, 3.63) is 36.3 Å². The summed E-state index contributed by atoms with van der Waals surface area (Å²) in [6.45, 7) is 2.97. The summed E-state index contributed by atoms with van der Waals surface area (Å²) in [6.07, 6.45) is 7.49. The fourth-order valence-corrected chi connectivity index (χ4v) is 2.54. The summed E-state index contributed by atoms with van der Waals surface area (Å²) in [4.78, 5) is 15.1. The molecule has 0 aromatic carbocycles. The molecule has 0 radical (unpaired) electrons. The molecule has 3 rings (SSSR count). The molecule has 0 spiro atoms. The maximum Gasteiger partial charge on any atom is 0.234 e. The van der Waals surface area contributed by atoms with Gasteiger partial charge in [-0.25, -0.2) is 4.98 Å². The largest absolute Gasteiger partial charge is 0.474 e. The van der Waals surface area contributed by atoms with Gasteiger partial charge in [-0.1, -0.05) is 0 Å². The molecule has 1 aliphatic heterocycles. The number of nitrogens with one attached hydrogen (secondary N) is 1. The SMILES string of the molecule is OCCOc1cncc(NCc2ccnc(N3CCCC3)c2)n1. The van der Waals surface area contributed by atoms with Crippen molar-refractivity contribution in [3.63, 3.8) is 0 Å². The molecule has 2 aromatic rings. The highest BCUT2D eigenvalue weighted by molar-refractivity contribution is 5.43. The van der Waals surface area contributed by atoms with Gasteiger partial charge in [0.2, 0.25) is 5.88 Å². The van der Waals surface area contributed by atoms with Crippen LogP contribution in [0.3, 0.4) is 0 Å². The number of pyridine rings is 1. The average Bonchev–Trinajstić information content (AvgIpc) is 3.13. The number of anilines is 2. The van der Waals surface area contributed by atoms with Crippen molar-refractivity contribution in [3.8, 4) is 5.88 Å². The van der Waals surface area contributed by atoms with Gasteiger partial charge in [-0.2, -0.15) is 4.98 Å². The first-order valence-electron chi connectivity index (χ1n) is 7.84. The van der Waals surface area contributed by atoms with Crippen LogP contribution in [0.2, 0.25) is 0 Å². The van der Waals surface area contributed by atoms with Crippen molar-refractivity contribution in [2.24, 2.45) is 0 Å². The molecule has 122 valence electrons. The van der Waals surface area contributed by atoms with Crippen molar-refractivity contribution < 1.29 is 9.84 Å². The van der Waals surface area contributed by atoms with Crippen LogP contribution in [0.1, 0.15) is 18.4 Å². The molecule has 0 unspecified atom stereocenters. The highest BCUT2D eigenvalue weighted by atomic mass is 16.5. The van der Waals surface area contributed by atoms with Gasteiger partial charge in [0.25, 0.3) is 0 Å². The van der Waals surface area contributed by atoms with Crippen LogP contribution in [0.25, 0.3) is 0 Å². The lowest BCUT2D eigenvalue weighted by atomic mass is 10.2. The zero-order valence-electron chi connectivity index (χ0n) is 13.0. The number of ether oxygens (including phenoxy) is 1. The van der Waals surface area contributed by atoms with Crippen LogP contribution >= 0.6 is 0 Å². The molecule has 2 aromatic heterocycles. The first-order valence-corrected chi connectivity index (χ1v) is 7.84. The number of rotatable bonds is 7. The molecule has 3 heterocycles. The van der Waals surface area contributed by atoms with Crippen molar-refractivity contribution in [2.75, 3.05) is 36.5 Å². The van der Waals surface area contributed by atoms with E-state index < -0.39 is 0 Å². The second kappa shape index (κ2) is 7.73. The number of hydrogen-bond acceptors (Lipinski definition) is 7. The molecular formula is C16H21N5O2. The fourth-order valence-electron chi connectivity index (χ4n) is 2.54. The molecule has 0 bridgehead atoms. The number of nitrogens with zero attached hydrogens (tertiary/aromatic N) is 4. The van der Waals surface area contributed by atoms with Gasteiger partial charge in [0.05, 0.1) is 19.0 Å². The summed E-state index contributed by atoms with van der Waals surface area (Å²) < 4.78 is 5.25. The Morgan fingerprint density at radius 3 is 2.96 bits per heavy atom. The maximum absolute atomic E-state index is 8.77. The summed E-state index contributed by atoms with van der Waals surface area (Å²) in [5.74, 6) is 2.07. The predicted molar refractivity (Wildman–Crippen MR) is 87.6 cm³/mol. The number of hydrogen-bond donors (Lipinski definition) is 2. The van der Waals surface area contributed by atoms with Gasteiger partial charge in [-0.3, -0.25) is 4.98 Å². The van der Waals surface area contributed by atoms with Crippen molar-refractivity contribution >= 4 is 11.6 Å². The van der Waals surface area contributed by atoms with E-state index in [1.54, 1.807) is 6.20 Å². The molecule has 7 heteroatoms. The molecule has 1 saturated heterocycles. The highest BCUT2D eigenvalue weighted by Crippen LogP contribution is 2.19. The molecule has 0 saturated carbocycles. The standard InChI is InChI=1S/C16H21N5O2/c22-7-8-23-16-12-17-11-14(20-16)19-10-13-3-4-18-15(9-13)21-5-1-2-6-21/h3-4,9,11-12,22H,1-2,5-8,10H2,(H,19,20). The Bertz CT molecular complexity index is 631. The van der Waals surface area contributed by atoms with E-state index >= 15 is 0 Å². The van der Waals surface area contributed by atoms with Crippen molar-refractivity contribution in [1.29, 1.82) is 0 Å². The molecule has 1 fully saturated rings. The predicted octanol–water partition coefficient (Wildman–Crippen LogP) is 1.45. The highest BCUT2D eigenvalue weighted by Gasteiger charge is 2.13. The van der Waals surface area contributed by atoms with E-state index in [1.165, 1.54) is 19.0 Å². The van der Waals surface area contributed by atoms with Gasteiger partial charge in [0.1, 0.15) is 18.2 Å². The van der Waals surface area contributed by atoms with Gasteiger partial charge < -0.3 is 20.1 Å². The minimum atomic E-state index is -0.0460. The van der Waals surface area contributed by atoms with Gasteiger partial charge in [-0.15, -0.1) is 0 Å². The normalized spacial score (nSPS) is 14.0. The van der Waals surface area contributed by atoms with Crippen LogP contribution in [-0.2, 0) is 6.54 Å². The smallest absolute Gasteiger partial charge is 0.234 e. The quantitative estimate of drug-likeness (QED) is 0.800. The molecule has 23 heavy (non-hydrogen) atoms. The van der Waals surface area contributed by atoms with Crippen LogP contribution < -0.4 is 15.0 Å². The van der Waals surface area contributed by atoms with Gasteiger partial charge >= 0.3 is 0 Å². The Labute approximate surface area is 135 Å². The Hall–Kier alpha value is -2.41. The number of aliphatic hydroxyl groups is 1. The lowest BCUT2D eigenvalue weighted by Gasteiger charge is -2.17. The molecule has 0 amide bonds. The van der Waals surface area contributed by atoms with Crippen molar-refractivity contribution in [2.45, 2.75) is 19.4 Å². The maximum atomic E-state index is 8.77. The monoisotopic (exact) mass is 315 g/mol. The Morgan fingerprint density at radius 2 is 2.13 bits per heavy atom. The minimum absolute atomic E-state index is 0.0460. The van der Waals surface area contributed by atoms with E-state index in [-0.39, 0.29) is 13.2 Å². The second-order valence-corrected chi connectivity index (χ2v) is 5.38. The summed E-state index contributed by atoms with van der Waals surface area (Å²) in [5.41, 5.74) is 1.14. The molecule has 0 aliphatic carbocycles. The van der Waals surface area contributed by atoms with Crippen LogP contribution in [-0.4, -0.2) is 46.4 Å².